The maximum absolute atomic E-state index is 12.8. The van der Waals surface area contributed by atoms with E-state index in [-0.39, 0.29) is 23.3 Å². The number of rotatable bonds is 5. The summed E-state index contributed by atoms with van der Waals surface area (Å²) in [6.45, 7) is 1.53. The molecule has 0 atom stereocenters. The fourth-order valence-corrected chi connectivity index (χ4v) is 3.98. The molecule has 1 saturated heterocycles. The zero-order valence-electron chi connectivity index (χ0n) is 17.7. The number of piperidine rings is 1. The number of hydrogen-bond acceptors (Lipinski definition) is 5. The molecule has 31 heavy (non-hydrogen) atoms. The number of benzene rings is 1. The molecule has 0 spiro atoms. The van der Waals surface area contributed by atoms with E-state index in [0.29, 0.717) is 61.2 Å². The van der Waals surface area contributed by atoms with E-state index in [1.807, 2.05) is 6.07 Å². The number of fused-ring (bicyclic) bond motifs is 1. The van der Waals surface area contributed by atoms with Crippen LogP contribution in [0.25, 0.3) is 10.9 Å². The van der Waals surface area contributed by atoms with Crippen molar-refractivity contribution >= 4 is 22.7 Å². The van der Waals surface area contributed by atoms with E-state index in [4.69, 9.17) is 0 Å². The number of nitrogens with zero attached hydrogens (tertiary/aromatic N) is 5. The van der Waals surface area contributed by atoms with Gasteiger partial charge in [-0.15, -0.1) is 0 Å². The average Bonchev–Trinajstić information content (AvgIpc) is 3.23. The molecule has 0 radical (unpaired) electrons. The van der Waals surface area contributed by atoms with Crippen LogP contribution in [0.3, 0.4) is 0 Å². The van der Waals surface area contributed by atoms with Crippen LogP contribution in [0.1, 0.15) is 29.0 Å². The Kier molecular flexibility index (Phi) is 5.83. The Bertz CT molecular complexity index is 1160. The molecule has 3 heterocycles. The zero-order valence-corrected chi connectivity index (χ0v) is 17.7. The van der Waals surface area contributed by atoms with Crippen LogP contribution in [0.5, 0.6) is 0 Å². The second-order valence-corrected chi connectivity index (χ2v) is 8.01. The van der Waals surface area contributed by atoms with Crippen molar-refractivity contribution in [2.24, 2.45) is 13.0 Å². The van der Waals surface area contributed by atoms with E-state index >= 15 is 0 Å². The number of H-pyrrole nitrogens is 1. The van der Waals surface area contributed by atoms with Gasteiger partial charge >= 0.3 is 6.03 Å². The Morgan fingerprint density at radius 1 is 1.23 bits per heavy atom. The van der Waals surface area contributed by atoms with Gasteiger partial charge in [0.2, 0.25) is 0 Å². The molecule has 3 aromatic rings. The molecular weight excluding hydrogens is 396 g/mol. The molecule has 2 aromatic heterocycles. The van der Waals surface area contributed by atoms with Crippen molar-refractivity contribution in [2.45, 2.75) is 19.3 Å². The lowest BCUT2D eigenvalue weighted by atomic mass is 9.90. The molecule has 0 unspecified atom stereocenters. The first kappa shape index (κ1) is 20.8. The number of ketones is 1. The Hall–Kier alpha value is -3.49. The highest BCUT2D eigenvalue weighted by molar-refractivity contribution is 5.97. The van der Waals surface area contributed by atoms with Crippen LogP contribution in [0.4, 0.5) is 4.79 Å². The molecule has 1 aromatic carbocycles. The van der Waals surface area contributed by atoms with Crippen LogP contribution in [-0.2, 0) is 13.5 Å². The minimum atomic E-state index is -0.171. The highest BCUT2D eigenvalue weighted by Gasteiger charge is 2.29. The lowest BCUT2D eigenvalue weighted by Gasteiger charge is -2.34. The predicted molar refractivity (Wildman–Crippen MR) is 116 cm³/mol. The third-order valence-corrected chi connectivity index (χ3v) is 5.80. The van der Waals surface area contributed by atoms with Crippen molar-refractivity contribution in [3.05, 3.63) is 58.4 Å². The van der Waals surface area contributed by atoms with Gasteiger partial charge in [0.1, 0.15) is 5.82 Å². The minimum Gasteiger partial charge on any atom is -0.327 e. The quantitative estimate of drug-likeness (QED) is 0.632. The number of likely N-dealkylation sites (N-methyl/N-ethyl adjacent to an activating group) is 1. The number of amides is 2. The second-order valence-electron chi connectivity index (χ2n) is 8.01. The molecule has 2 amide bonds. The molecule has 0 saturated carbocycles. The summed E-state index contributed by atoms with van der Waals surface area (Å²) in [6.07, 6.45) is 5.08. The summed E-state index contributed by atoms with van der Waals surface area (Å²) in [5, 5.41) is 4.62. The number of carbonyl (C=O) groups excluding carboxylic acids is 2. The van der Waals surface area contributed by atoms with Gasteiger partial charge in [-0.05, 0) is 25.0 Å². The van der Waals surface area contributed by atoms with Gasteiger partial charge in [-0.1, -0.05) is 12.1 Å². The molecule has 1 aliphatic heterocycles. The highest BCUT2D eigenvalue weighted by Crippen LogP contribution is 2.22. The number of likely N-dealkylation sites (tertiary alicyclic amines) is 1. The second kappa shape index (κ2) is 8.71. The van der Waals surface area contributed by atoms with Crippen molar-refractivity contribution in [2.75, 3.05) is 26.7 Å². The van der Waals surface area contributed by atoms with Crippen LogP contribution in [0.2, 0.25) is 0 Å². The van der Waals surface area contributed by atoms with E-state index in [1.54, 1.807) is 59.2 Å². The topological polar surface area (TPSA) is 104 Å². The third kappa shape index (κ3) is 4.50. The Morgan fingerprint density at radius 2 is 1.97 bits per heavy atom. The van der Waals surface area contributed by atoms with Gasteiger partial charge in [0, 0.05) is 52.3 Å². The van der Waals surface area contributed by atoms with Gasteiger partial charge in [-0.3, -0.25) is 14.3 Å². The number of Topliss-reactive ketones (excluding diaryl/α,β-unsaturated/α-hetero) is 1. The molecular formula is C22H26N6O3. The van der Waals surface area contributed by atoms with E-state index in [1.165, 1.54) is 0 Å². The average molecular weight is 422 g/mol. The first-order valence-electron chi connectivity index (χ1n) is 10.4. The van der Waals surface area contributed by atoms with E-state index in [2.05, 4.69) is 15.1 Å². The minimum absolute atomic E-state index is 0.0737. The summed E-state index contributed by atoms with van der Waals surface area (Å²) in [4.78, 5) is 48.3. The van der Waals surface area contributed by atoms with Crippen molar-refractivity contribution in [1.29, 1.82) is 0 Å². The molecule has 0 aliphatic carbocycles. The van der Waals surface area contributed by atoms with Crippen molar-refractivity contribution in [3.63, 3.8) is 0 Å². The SMILES string of the molecule is CN(CCc1nc2ccccc2c(=O)[nH]1)C(=O)N1CCC(C(=O)c2cnn(C)c2)CC1. The highest BCUT2D eigenvalue weighted by atomic mass is 16.2. The summed E-state index contributed by atoms with van der Waals surface area (Å²) in [6, 6.07) is 7.12. The summed E-state index contributed by atoms with van der Waals surface area (Å²) >= 11 is 0. The monoisotopic (exact) mass is 422 g/mol. The van der Waals surface area contributed by atoms with Gasteiger partial charge < -0.3 is 14.8 Å². The largest absolute Gasteiger partial charge is 0.327 e. The van der Waals surface area contributed by atoms with Crippen LogP contribution in [-0.4, -0.2) is 68.0 Å². The number of carbonyl (C=O) groups is 2. The number of nitrogens with one attached hydrogen (secondary N) is 1. The number of hydrogen-bond donors (Lipinski definition) is 1. The molecule has 1 aliphatic rings. The molecule has 162 valence electrons. The lowest BCUT2D eigenvalue weighted by Crippen LogP contribution is -2.46. The van der Waals surface area contributed by atoms with Crippen LogP contribution in [0.15, 0.2) is 41.5 Å². The van der Waals surface area contributed by atoms with E-state index in [0.717, 1.165) is 0 Å². The molecule has 1 fully saturated rings. The molecule has 4 rings (SSSR count). The number of para-hydroxylation sites is 1. The van der Waals surface area contributed by atoms with E-state index in [9.17, 15) is 14.4 Å². The van der Waals surface area contributed by atoms with Gasteiger partial charge in [-0.2, -0.15) is 5.10 Å². The lowest BCUT2D eigenvalue weighted by molar-refractivity contribution is 0.0839. The molecule has 9 nitrogen and oxygen atoms in total. The molecule has 1 N–H and O–H groups in total. The van der Waals surface area contributed by atoms with Crippen molar-refractivity contribution in [1.82, 2.24) is 29.5 Å². The molecule has 0 bridgehead atoms. The van der Waals surface area contributed by atoms with Crippen LogP contribution >= 0.6 is 0 Å². The van der Waals surface area contributed by atoms with Crippen LogP contribution < -0.4 is 5.56 Å². The smallest absolute Gasteiger partial charge is 0.319 e. The van der Waals surface area contributed by atoms with Gasteiger partial charge in [0.25, 0.3) is 5.56 Å². The first-order valence-corrected chi connectivity index (χ1v) is 10.4. The number of aromatic amines is 1. The normalized spacial score (nSPS) is 14.7. The van der Waals surface area contributed by atoms with Crippen LogP contribution in [0, 0.1) is 5.92 Å². The fourth-order valence-electron chi connectivity index (χ4n) is 3.98. The summed E-state index contributed by atoms with van der Waals surface area (Å²) in [5.74, 6) is 0.578. The van der Waals surface area contributed by atoms with Crippen molar-refractivity contribution < 1.29 is 9.59 Å². The first-order chi connectivity index (χ1) is 14.9. The standard InChI is InChI=1S/C22H26N6O3/c1-26(10-9-19-24-18-6-4-3-5-17(18)21(30)25-19)22(31)28-11-7-15(8-12-28)20(29)16-13-23-27(2)14-16/h3-6,13-15H,7-12H2,1-2H3,(H,24,25,30). The van der Waals surface area contributed by atoms with E-state index < -0.39 is 0 Å². The number of aryl methyl sites for hydroxylation is 1. The van der Waals surface area contributed by atoms with Gasteiger partial charge in [-0.25, -0.2) is 9.78 Å². The van der Waals surface area contributed by atoms with Gasteiger partial charge in [0.15, 0.2) is 5.78 Å². The summed E-state index contributed by atoms with van der Waals surface area (Å²) in [5.41, 5.74) is 1.10. The summed E-state index contributed by atoms with van der Waals surface area (Å²) in [7, 11) is 3.53. The fraction of sp³-hybridized carbons (Fsp3) is 0.409. The van der Waals surface area contributed by atoms with Gasteiger partial charge in [0.05, 0.1) is 22.7 Å². The maximum atomic E-state index is 12.8. The zero-order chi connectivity index (χ0) is 22.0. The maximum Gasteiger partial charge on any atom is 0.319 e. The number of aromatic nitrogens is 4. The third-order valence-electron chi connectivity index (χ3n) is 5.80. The number of urea groups is 1. The Balaban J connectivity index is 1.31. The van der Waals surface area contributed by atoms with Crippen molar-refractivity contribution in [3.8, 4) is 0 Å². The Labute approximate surface area is 179 Å². The predicted octanol–water partition coefficient (Wildman–Crippen LogP) is 1.85. The summed E-state index contributed by atoms with van der Waals surface area (Å²) < 4.78 is 1.62. The molecule has 9 heteroatoms. The Morgan fingerprint density at radius 3 is 2.68 bits per heavy atom.